The number of piperidine rings is 1. The number of hydrogen-bond acceptors (Lipinski definition) is 1. The Morgan fingerprint density at radius 1 is 1.31 bits per heavy atom. The summed E-state index contributed by atoms with van der Waals surface area (Å²) in [7, 11) is 0. The molecule has 1 aromatic rings. The molecular formula is C12H14Cl2FN. The summed E-state index contributed by atoms with van der Waals surface area (Å²) in [4.78, 5) is 0. The van der Waals surface area contributed by atoms with Crippen LogP contribution < -0.4 is 5.32 Å². The fraction of sp³-hybridized carbons (Fsp3) is 0.500. The fourth-order valence-electron chi connectivity index (χ4n) is 2.10. The molecule has 1 N–H and O–H groups in total. The average Bonchev–Trinajstić information content (AvgIpc) is 2.25. The maximum atomic E-state index is 14.4. The Hall–Kier alpha value is -0.310. The van der Waals surface area contributed by atoms with Crippen molar-refractivity contribution in [3.05, 3.63) is 33.8 Å². The lowest BCUT2D eigenvalue weighted by atomic mass is 9.89. The second-order valence-electron chi connectivity index (χ2n) is 4.31. The van der Waals surface area contributed by atoms with E-state index in [1.165, 1.54) is 0 Å². The van der Waals surface area contributed by atoms with E-state index in [-0.39, 0.29) is 0 Å². The molecule has 1 atom stereocenters. The number of rotatable bonds is 2. The lowest BCUT2D eigenvalue weighted by Crippen LogP contribution is -2.43. The molecule has 0 aromatic heterocycles. The fourth-order valence-corrected chi connectivity index (χ4v) is 2.63. The minimum Gasteiger partial charge on any atom is -0.314 e. The molecule has 1 heterocycles. The summed E-state index contributed by atoms with van der Waals surface area (Å²) in [5.74, 6) is 0. The summed E-state index contributed by atoms with van der Waals surface area (Å²) < 4.78 is 14.4. The summed E-state index contributed by atoms with van der Waals surface area (Å²) in [5, 5.41) is 4.18. The summed E-state index contributed by atoms with van der Waals surface area (Å²) >= 11 is 12.1. The Labute approximate surface area is 105 Å². The van der Waals surface area contributed by atoms with Gasteiger partial charge in [-0.2, -0.15) is 0 Å². The first-order valence-electron chi connectivity index (χ1n) is 5.43. The largest absolute Gasteiger partial charge is 0.314 e. The van der Waals surface area contributed by atoms with E-state index < -0.39 is 5.67 Å². The minimum atomic E-state index is -1.22. The third-order valence-electron chi connectivity index (χ3n) is 2.98. The van der Waals surface area contributed by atoms with Gasteiger partial charge in [-0.15, -0.1) is 0 Å². The molecule has 0 spiro atoms. The van der Waals surface area contributed by atoms with Gasteiger partial charge in [0.1, 0.15) is 5.67 Å². The third kappa shape index (κ3) is 2.68. The van der Waals surface area contributed by atoms with Gasteiger partial charge < -0.3 is 5.32 Å². The molecular weight excluding hydrogens is 248 g/mol. The van der Waals surface area contributed by atoms with Crippen molar-refractivity contribution in [2.45, 2.75) is 24.9 Å². The molecule has 0 bridgehead atoms. The highest BCUT2D eigenvalue weighted by Crippen LogP contribution is 2.32. The van der Waals surface area contributed by atoms with Gasteiger partial charge in [-0.3, -0.25) is 0 Å². The van der Waals surface area contributed by atoms with Gasteiger partial charge in [-0.1, -0.05) is 29.3 Å². The number of hydrogen-bond donors (Lipinski definition) is 1. The van der Waals surface area contributed by atoms with Gasteiger partial charge in [0.15, 0.2) is 0 Å². The first-order chi connectivity index (χ1) is 7.61. The molecule has 16 heavy (non-hydrogen) atoms. The predicted octanol–water partition coefficient (Wildman–Crippen LogP) is 3.63. The van der Waals surface area contributed by atoms with Crippen molar-refractivity contribution in [2.24, 2.45) is 0 Å². The second kappa shape index (κ2) is 4.91. The number of alkyl halides is 1. The average molecular weight is 262 g/mol. The quantitative estimate of drug-likeness (QED) is 0.858. The van der Waals surface area contributed by atoms with Crippen LogP contribution in [0, 0.1) is 0 Å². The number of halogens is 3. The molecule has 0 saturated carbocycles. The molecule has 88 valence electrons. The third-order valence-corrected chi connectivity index (χ3v) is 3.68. The van der Waals surface area contributed by atoms with Crippen LogP contribution in [-0.4, -0.2) is 18.8 Å². The van der Waals surface area contributed by atoms with Gasteiger partial charge in [0.2, 0.25) is 0 Å². The van der Waals surface area contributed by atoms with Crippen molar-refractivity contribution in [3.8, 4) is 0 Å². The van der Waals surface area contributed by atoms with Gasteiger partial charge in [-0.25, -0.2) is 4.39 Å². The summed E-state index contributed by atoms with van der Waals surface area (Å²) in [6, 6.07) is 5.28. The summed E-state index contributed by atoms with van der Waals surface area (Å²) in [6.45, 7) is 1.27. The zero-order valence-electron chi connectivity index (χ0n) is 8.90. The maximum Gasteiger partial charge on any atom is 0.127 e. The van der Waals surface area contributed by atoms with Crippen LogP contribution in [0.4, 0.5) is 4.39 Å². The van der Waals surface area contributed by atoms with Crippen molar-refractivity contribution >= 4 is 23.2 Å². The number of benzene rings is 1. The van der Waals surface area contributed by atoms with Gasteiger partial charge in [0.05, 0.1) is 0 Å². The Morgan fingerprint density at radius 3 is 2.56 bits per heavy atom. The van der Waals surface area contributed by atoms with E-state index in [2.05, 4.69) is 5.32 Å². The second-order valence-corrected chi connectivity index (χ2v) is 5.12. The van der Waals surface area contributed by atoms with Crippen molar-refractivity contribution < 1.29 is 4.39 Å². The normalized spacial score (nSPS) is 25.7. The van der Waals surface area contributed by atoms with E-state index in [4.69, 9.17) is 23.2 Å². The van der Waals surface area contributed by atoms with Crippen molar-refractivity contribution in [1.29, 1.82) is 0 Å². The summed E-state index contributed by atoms with van der Waals surface area (Å²) in [6.07, 6.45) is 1.72. The Balaban J connectivity index is 2.19. The molecule has 0 aliphatic carbocycles. The van der Waals surface area contributed by atoms with Crippen LogP contribution in [0.5, 0.6) is 0 Å². The van der Waals surface area contributed by atoms with Crippen LogP contribution >= 0.6 is 23.2 Å². The first-order valence-corrected chi connectivity index (χ1v) is 6.19. The maximum absolute atomic E-state index is 14.4. The van der Waals surface area contributed by atoms with Crippen LogP contribution in [-0.2, 0) is 6.42 Å². The molecule has 0 radical (unpaired) electrons. The molecule has 1 aliphatic heterocycles. The molecule has 2 rings (SSSR count). The monoisotopic (exact) mass is 261 g/mol. The molecule has 4 heteroatoms. The topological polar surface area (TPSA) is 12.0 Å². The predicted molar refractivity (Wildman–Crippen MR) is 66.1 cm³/mol. The molecule has 1 fully saturated rings. The smallest absolute Gasteiger partial charge is 0.127 e. The van der Waals surface area contributed by atoms with E-state index in [0.29, 0.717) is 29.4 Å². The highest BCUT2D eigenvalue weighted by atomic mass is 35.5. The Kier molecular flexibility index (Phi) is 3.73. The van der Waals surface area contributed by atoms with E-state index in [1.807, 2.05) is 0 Å². The van der Waals surface area contributed by atoms with Crippen molar-refractivity contribution in [2.75, 3.05) is 13.1 Å². The van der Waals surface area contributed by atoms with Gasteiger partial charge >= 0.3 is 0 Å². The lowest BCUT2D eigenvalue weighted by Gasteiger charge is -2.30. The van der Waals surface area contributed by atoms with Crippen LogP contribution in [0.2, 0.25) is 10.0 Å². The van der Waals surface area contributed by atoms with Crippen molar-refractivity contribution in [1.82, 2.24) is 5.32 Å². The van der Waals surface area contributed by atoms with Crippen LogP contribution in [0.15, 0.2) is 18.2 Å². The van der Waals surface area contributed by atoms with Crippen LogP contribution in [0.25, 0.3) is 0 Å². The van der Waals surface area contributed by atoms with Gasteiger partial charge in [0, 0.05) is 23.0 Å². The zero-order chi connectivity index (χ0) is 11.6. The first kappa shape index (κ1) is 12.2. The molecule has 1 unspecified atom stereocenters. The Bertz CT molecular complexity index is 355. The SMILES string of the molecule is FC1(Cc2c(Cl)cccc2Cl)CCCNC1. The van der Waals surface area contributed by atoms with Gasteiger partial charge in [0.25, 0.3) is 0 Å². The highest BCUT2D eigenvalue weighted by Gasteiger charge is 2.33. The van der Waals surface area contributed by atoms with Gasteiger partial charge in [-0.05, 0) is 37.1 Å². The minimum absolute atomic E-state index is 0.290. The molecule has 0 amide bonds. The van der Waals surface area contributed by atoms with Crippen LogP contribution in [0.1, 0.15) is 18.4 Å². The van der Waals surface area contributed by atoms with Crippen LogP contribution in [0.3, 0.4) is 0 Å². The molecule has 1 nitrogen and oxygen atoms in total. The molecule has 1 saturated heterocycles. The highest BCUT2D eigenvalue weighted by molar-refractivity contribution is 6.36. The van der Waals surface area contributed by atoms with E-state index in [9.17, 15) is 4.39 Å². The van der Waals surface area contributed by atoms with E-state index in [1.54, 1.807) is 18.2 Å². The zero-order valence-corrected chi connectivity index (χ0v) is 10.4. The van der Waals surface area contributed by atoms with Crippen molar-refractivity contribution in [3.63, 3.8) is 0 Å². The number of nitrogens with one attached hydrogen (secondary N) is 1. The van der Waals surface area contributed by atoms with E-state index >= 15 is 0 Å². The summed E-state index contributed by atoms with van der Waals surface area (Å²) in [5.41, 5.74) is -0.496. The van der Waals surface area contributed by atoms with E-state index in [0.717, 1.165) is 18.5 Å². The lowest BCUT2D eigenvalue weighted by molar-refractivity contribution is 0.122. The molecule has 1 aromatic carbocycles. The Morgan fingerprint density at radius 2 is 2.00 bits per heavy atom. The standard InChI is InChI=1S/C12H14Cl2FN/c13-10-3-1-4-11(14)9(10)7-12(15)5-2-6-16-8-12/h1,3-4,16H,2,5-8H2. The molecule has 1 aliphatic rings.